The van der Waals surface area contributed by atoms with Crippen LogP contribution in [-0.4, -0.2) is 43.0 Å². The molecule has 0 unspecified atom stereocenters. The molecule has 1 aromatic heterocycles. The molecule has 6 nitrogen and oxygen atoms in total. The Morgan fingerprint density at radius 3 is 2.87 bits per heavy atom. The summed E-state index contributed by atoms with van der Waals surface area (Å²) in [6.07, 6.45) is 1.95. The quantitative estimate of drug-likeness (QED) is 0.806. The molecule has 1 saturated heterocycles. The van der Waals surface area contributed by atoms with Crippen LogP contribution in [0.25, 0.3) is 0 Å². The SMILES string of the molecule is CCOC(=O)C1CCN(CCC(=O)Nc2sccc2C#N)CC1. The number of hydrogen-bond donors (Lipinski definition) is 1. The zero-order valence-corrected chi connectivity index (χ0v) is 14.0. The fourth-order valence-electron chi connectivity index (χ4n) is 2.60. The van der Waals surface area contributed by atoms with Crippen LogP contribution in [0.3, 0.4) is 0 Å². The van der Waals surface area contributed by atoms with Crippen molar-refractivity contribution >= 4 is 28.2 Å². The minimum absolute atomic E-state index is 0.00988. The second-order valence-electron chi connectivity index (χ2n) is 5.44. The number of nitrogens with one attached hydrogen (secondary N) is 1. The van der Waals surface area contributed by atoms with Crippen LogP contribution < -0.4 is 5.32 Å². The molecular weight excluding hydrogens is 314 g/mol. The first-order valence-corrected chi connectivity index (χ1v) is 8.68. The lowest BCUT2D eigenvalue weighted by Gasteiger charge is -2.30. The third-order valence-electron chi connectivity index (χ3n) is 3.90. The molecular formula is C16H21N3O3S. The number of carbonyl (C=O) groups excluding carboxylic acids is 2. The van der Waals surface area contributed by atoms with Crippen LogP contribution in [0.1, 0.15) is 31.7 Å². The molecule has 124 valence electrons. The van der Waals surface area contributed by atoms with Gasteiger partial charge in [0.15, 0.2) is 0 Å². The molecule has 0 aromatic carbocycles. The number of nitriles is 1. The Morgan fingerprint density at radius 1 is 1.48 bits per heavy atom. The van der Waals surface area contributed by atoms with Gasteiger partial charge in [0.05, 0.1) is 18.1 Å². The van der Waals surface area contributed by atoms with E-state index in [1.165, 1.54) is 11.3 Å². The minimum atomic E-state index is -0.105. The Kier molecular flexibility index (Phi) is 6.56. The molecule has 7 heteroatoms. The maximum Gasteiger partial charge on any atom is 0.309 e. The van der Waals surface area contributed by atoms with Crippen LogP contribution in [0.5, 0.6) is 0 Å². The van der Waals surface area contributed by atoms with Gasteiger partial charge in [-0.25, -0.2) is 0 Å². The molecule has 2 rings (SSSR count). The van der Waals surface area contributed by atoms with Crippen molar-refractivity contribution in [3.63, 3.8) is 0 Å². The van der Waals surface area contributed by atoms with Crippen LogP contribution in [0.4, 0.5) is 5.00 Å². The highest BCUT2D eigenvalue weighted by molar-refractivity contribution is 7.14. The first-order chi connectivity index (χ1) is 11.1. The average molecular weight is 335 g/mol. The number of ether oxygens (including phenoxy) is 1. The van der Waals surface area contributed by atoms with E-state index in [-0.39, 0.29) is 17.8 Å². The summed E-state index contributed by atoms with van der Waals surface area (Å²) < 4.78 is 5.05. The van der Waals surface area contributed by atoms with Crippen molar-refractivity contribution < 1.29 is 14.3 Å². The highest BCUT2D eigenvalue weighted by atomic mass is 32.1. The van der Waals surface area contributed by atoms with Gasteiger partial charge in [-0.05, 0) is 44.3 Å². The van der Waals surface area contributed by atoms with Gasteiger partial charge in [-0.3, -0.25) is 9.59 Å². The van der Waals surface area contributed by atoms with E-state index in [1.54, 1.807) is 11.4 Å². The molecule has 0 aliphatic carbocycles. The van der Waals surface area contributed by atoms with Crippen molar-refractivity contribution in [3.05, 3.63) is 17.0 Å². The predicted octanol–water partition coefficient (Wildman–Crippen LogP) is 2.22. The van der Waals surface area contributed by atoms with Crippen LogP contribution in [-0.2, 0) is 14.3 Å². The van der Waals surface area contributed by atoms with E-state index in [0.717, 1.165) is 25.9 Å². The molecule has 1 aromatic rings. The van der Waals surface area contributed by atoms with Crippen molar-refractivity contribution in [1.29, 1.82) is 5.26 Å². The number of rotatable bonds is 6. The lowest BCUT2D eigenvalue weighted by atomic mass is 9.97. The zero-order chi connectivity index (χ0) is 16.7. The predicted molar refractivity (Wildman–Crippen MR) is 88.1 cm³/mol. The summed E-state index contributed by atoms with van der Waals surface area (Å²) in [7, 11) is 0. The normalized spacial score (nSPS) is 15.8. The molecule has 0 saturated carbocycles. The van der Waals surface area contributed by atoms with Crippen molar-refractivity contribution in [2.75, 3.05) is 31.6 Å². The number of nitrogens with zero attached hydrogens (tertiary/aromatic N) is 2. The Labute approximate surface area is 140 Å². The van der Waals surface area contributed by atoms with E-state index in [2.05, 4.69) is 16.3 Å². The third kappa shape index (κ3) is 5.05. The van der Waals surface area contributed by atoms with Gasteiger partial charge < -0.3 is 15.0 Å². The van der Waals surface area contributed by atoms with E-state index in [0.29, 0.717) is 30.1 Å². The summed E-state index contributed by atoms with van der Waals surface area (Å²) in [4.78, 5) is 25.8. The summed E-state index contributed by atoms with van der Waals surface area (Å²) in [5, 5.41) is 14.1. The Morgan fingerprint density at radius 2 is 2.22 bits per heavy atom. The molecule has 0 bridgehead atoms. The standard InChI is InChI=1S/C16H21N3O3S/c1-2-22-16(21)12-3-7-19(8-4-12)9-5-14(20)18-15-13(11-17)6-10-23-15/h6,10,12H,2-5,7-9H2,1H3,(H,18,20). The second-order valence-corrected chi connectivity index (χ2v) is 6.36. The Hall–Kier alpha value is -1.91. The maximum atomic E-state index is 12.0. The number of carbonyl (C=O) groups is 2. The molecule has 1 amide bonds. The second kappa shape index (κ2) is 8.65. The van der Waals surface area contributed by atoms with E-state index in [1.807, 2.05) is 6.92 Å². The van der Waals surface area contributed by atoms with Crippen LogP contribution in [0, 0.1) is 17.2 Å². The zero-order valence-electron chi connectivity index (χ0n) is 13.2. The molecule has 1 N–H and O–H groups in total. The molecule has 0 spiro atoms. The number of anilines is 1. The van der Waals surface area contributed by atoms with E-state index in [4.69, 9.17) is 10.00 Å². The largest absolute Gasteiger partial charge is 0.466 e. The molecule has 2 heterocycles. The van der Waals surface area contributed by atoms with Gasteiger partial charge in [0, 0.05) is 13.0 Å². The van der Waals surface area contributed by atoms with Gasteiger partial charge in [-0.2, -0.15) is 5.26 Å². The molecule has 1 fully saturated rings. The number of piperidine rings is 1. The van der Waals surface area contributed by atoms with Gasteiger partial charge in [-0.15, -0.1) is 11.3 Å². The van der Waals surface area contributed by atoms with Gasteiger partial charge >= 0.3 is 5.97 Å². The Bertz CT molecular complexity index is 586. The minimum Gasteiger partial charge on any atom is -0.466 e. The number of esters is 1. The van der Waals surface area contributed by atoms with Gasteiger partial charge in [0.1, 0.15) is 11.1 Å². The van der Waals surface area contributed by atoms with Crippen molar-refractivity contribution in [3.8, 4) is 6.07 Å². The lowest BCUT2D eigenvalue weighted by molar-refractivity contribution is -0.149. The average Bonchev–Trinajstić information content (AvgIpc) is 3.00. The van der Waals surface area contributed by atoms with Crippen molar-refractivity contribution in [1.82, 2.24) is 4.90 Å². The monoisotopic (exact) mass is 335 g/mol. The van der Waals surface area contributed by atoms with Crippen molar-refractivity contribution in [2.45, 2.75) is 26.2 Å². The van der Waals surface area contributed by atoms with Gasteiger partial charge in [-0.1, -0.05) is 0 Å². The fraction of sp³-hybridized carbons (Fsp3) is 0.562. The lowest BCUT2D eigenvalue weighted by Crippen LogP contribution is -2.38. The summed E-state index contributed by atoms with van der Waals surface area (Å²) in [5.41, 5.74) is 0.499. The van der Waals surface area contributed by atoms with Crippen LogP contribution in [0.15, 0.2) is 11.4 Å². The summed E-state index contributed by atoms with van der Waals surface area (Å²) in [6.45, 7) is 4.51. The van der Waals surface area contributed by atoms with Gasteiger partial charge in [0.2, 0.25) is 5.91 Å². The number of likely N-dealkylation sites (tertiary alicyclic amines) is 1. The first-order valence-electron chi connectivity index (χ1n) is 7.80. The van der Waals surface area contributed by atoms with Crippen LogP contribution >= 0.6 is 11.3 Å². The number of thiophene rings is 1. The summed E-state index contributed by atoms with van der Waals surface area (Å²) in [6, 6.07) is 3.75. The molecule has 23 heavy (non-hydrogen) atoms. The Balaban J connectivity index is 1.70. The summed E-state index contributed by atoms with van der Waals surface area (Å²) in [5.74, 6) is -0.201. The number of amides is 1. The third-order valence-corrected chi connectivity index (χ3v) is 4.73. The molecule has 0 radical (unpaired) electrons. The molecule has 0 atom stereocenters. The number of hydrogen-bond acceptors (Lipinski definition) is 6. The van der Waals surface area contributed by atoms with E-state index >= 15 is 0 Å². The molecule has 1 aliphatic heterocycles. The highest BCUT2D eigenvalue weighted by Gasteiger charge is 2.26. The van der Waals surface area contributed by atoms with E-state index < -0.39 is 0 Å². The van der Waals surface area contributed by atoms with Crippen LogP contribution in [0.2, 0.25) is 0 Å². The highest BCUT2D eigenvalue weighted by Crippen LogP contribution is 2.22. The van der Waals surface area contributed by atoms with E-state index in [9.17, 15) is 9.59 Å². The van der Waals surface area contributed by atoms with Crippen molar-refractivity contribution in [2.24, 2.45) is 5.92 Å². The fourth-order valence-corrected chi connectivity index (χ4v) is 3.35. The maximum absolute atomic E-state index is 12.0. The topological polar surface area (TPSA) is 82.4 Å². The summed E-state index contributed by atoms with van der Waals surface area (Å²) >= 11 is 1.35. The smallest absolute Gasteiger partial charge is 0.309 e. The first kappa shape index (κ1) is 17.4. The molecule has 1 aliphatic rings. The van der Waals surface area contributed by atoms with Gasteiger partial charge in [0.25, 0.3) is 0 Å².